The average molecular weight is 400 g/mol. The van der Waals surface area contributed by atoms with E-state index in [2.05, 4.69) is 15.7 Å². The third-order valence-electron chi connectivity index (χ3n) is 4.88. The number of anilines is 1. The zero-order valence-corrected chi connectivity index (χ0v) is 15.1. The lowest BCUT2D eigenvalue weighted by Gasteiger charge is -2.33. The van der Waals surface area contributed by atoms with Gasteiger partial charge in [-0.3, -0.25) is 4.79 Å². The Morgan fingerprint density at radius 3 is 3.00 bits per heavy atom. The number of carbonyl (C=O) groups excluding carboxylic acids is 1. The van der Waals surface area contributed by atoms with Crippen LogP contribution >= 0.6 is 11.3 Å². The van der Waals surface area contributed by atoms with Gasteiger partial charge in [-0.1, -0.05) is 6.07 Å². The van der Waals surface area contributed by atoms with Gasteiger partial charge in [0.15, 0.2) is 6.04 Å². The third kappa shape index (κ3) is 3.68. The molecule has 0 spiro atoms. The number of alkyl halides is 3. The number of halogens is 3. The molecule has 2 N–H and O–H groups in total. The molecule has 27 heavy (non-hydrogen) atoms. The smallest absolute Gasteiger partial charge is 0.376 e. The molecule has 0 radical (unpaired) electrons. The maximum Gasteiger partial charge on any atom is 0.410 e. The van der Waals surface area contributed by atoms with Crippen LogP contribution in [-0.4, -0.2) is 41.1 Å². The molecule has 1 amide bonds. The molecule has 0 aliphatic carbocycles. The largest absolute Gasteiger partial charge is 0.410 e. The minimum atomic E-state index is -4.45. The Labute approximate surface area is 157 Å². The van der Waals surface area contributed by atoms with Gasteiger partial charge in [-0.25, -0.2) is 4.68 Å². The summed E-state index contributed by atoms with van der Waals surface area (Å²) in [5.74, 6) is -0.348. The number of aromatic nitrogens is 2. The maximum absolute atomic E-state index is 13.6. The van der Waals surface area contributed by atoms with Crippen LogP contribution in [0.5, 0.6) is 0 Å². The van der Waals surface area contributed by atoms with Crippen molar-refractivity contribution >= 4 is 23.1 Å². The first-order valence-corrected chi connectivity index (χ1v) is 9.65. The molecule has 6 nitrogen and oxygen atoms in total. The molecule has 0 saturated carbocycles. The van der Waals surface area contributed by atoms with Crippen molar-refractivity contribution in [3.8, 4) is 0 Å². The number of hydrogen-bond acceptors (Lipinski definition) is 5. The van der Waals surface area contributed by atoms with E-state index in [1.165, 1.54) is 17.5 Å². The van der Waals surface area contributed by atoms with Gasteiger partial charge in [-0.05, 0) is 24.3 Å². The average Bonchev–Trinajstić information content (AvgIpc) is 3.39. The van der Waals surface area contributed by atoms with Crippen LogP contribution in [0.4, 0.5) is 19.0 Å². The maximum atomic E-state index is 13.6. The molecule has 2 aliphatic rings. The van der Waals surface area contributed by atoms with Crippen molar-refractivity contribution in [1.82, 2.24) is 15.1 Å². The summed E-state index contributed by atoms with van der Waals surface area (Å²) < 4.78 is 47.1. The summed E-state index contributed by atoms with van der Waals surface area (Å²) in [5.41, 5.74) is 0.114. The summed E-state index contributed by atoms with van der Waals surface area (Å²) in [5, 5.41) is 11.5. The molecule has 3 atom stereocenters. The lowest BCUT2D eigenvalue weighted by Crippen LogP contribution is -2.37. The number of carbonyl (C=O) groups is 1. The SMILES string of the molecule is O=C(NC[C@@H]1CCCO1)c1cnn2c1N[C@@H](c1cccs1)C[C@@H]2C(F)(F)F. The molecule has 2 aromatic rings. The molecular formula is C17H19F3N4O2S. The minimum Gasteiger partial charge on any atom is -0.376 e. The van der Waals surface area contributed by atoms with Crippen molar-refractivity contribution in [2.45, 2.75) is 43.6 Å². The topological polar surface area (TPSA) is 68.2 Å². The second kappa shape index (κ2) is 7.16. The molecule has 2 aliphatic heterocycles. The second-order valence-corrected chi connectivity index (χ2v) is 7.68. The minimum absolute atomic E-state index is 0.0462. The number of thiophene rings is 1. The van der Waals surface area contributed by atoms with Crippen molar-refractivity contribution in [1.29, 1.82) is 0 Å². The van der Waals surface area contributed by atoms with Gasteiger partial charge in [0.05, 0.1) is 18.3 Å². The fourth-order valence-electron chi connectivity index (χ4n) is 3.51. The molecule has 1 saturated heterocycles. The van der Waals surface area contributed by atoms with Crippen molar-refractivity contribution in [3.05, 3.63) is 34.2 Å². The van der Waals surface area contributed by atoms with Crippen molar-refractivity contribution in [3.63, 3.8) is 0 Å². The van der Waals surface area contributed by atoms with Gasteiger partial charge in [-0.2, -0.15) is 18.3 Å². The van der Waals surface area contributed by atoms with Gasteiger partial charge in [-0.15, -0.1) is 11.3 Å². The highest BCUT2D eigenvalue weighted by Crippen LogP contribution is 2.44. The Balaban J connectivity index is 1.59. The molecule has 1 fully saturated rings. The summed E-state index contributed by atoms with van der Waals surface area (Å²) in [4.78, 5) is 13.3. The number of rotatable bonds is 4. The predicted octanol–water partition coefficient (Wildman–Crippen LogP) is 3.51. The Hall–Kier alpha value is -2.07. The Morgan fingerprint density at radius 1 is 1.48 bits per heavy atom. The van der Waals surface area contributed by atoms with Crippen LogP contribution in [0.1, 0.15) is 46.6 Å². The van der Waals surface area contributed by atoms with E-state index < -0.39 is 24.2 Å². The third-order valence-corrected chi connectivity index (χ3v) is 5.87. The summed E-state index contributed by atoms with van der Waals surface area (Å²) in [6.45, 7) is 1.00. The van der Waals surface area contributed by atoms with Gasteiger partial charge < -0.3 is 15.4 Å². The van der Waals surface area contributed by atoms with E-state index in [1.54, 1.807) is 12.1 Å². The lowest BCUT2D eigenvalue weighted by molar-refractivity contribution is -0.173. The molecular weight excluding hydrogens is 381 g/mol. The van der Waals surface area contributed by atoms with Crippen LogP contribution in [0.15, 0.2) is 23.7 Å². The van der Waals surface area contributed by atoms with Crippen molar-refractivity contribution < 1.29 is 22.7 Å². The van der Waals surface area contributed by atoms with E-state index in [4.69, 9.17) is 4.74 Å². The Morgan fingerprint density at radius 2 is 2.33 bits per heavy atom. The van der Waals surface area contributed by atoms with E-state index in [0.29, 0.717) is 13.2 Å². The fourth-order valence-corrected chi connectivity index (χ4v) is 4.30. The van der Waals surface area contributed by atoms with Crippen LogP contribution in [0, 0.1) is 0 Å². The zero-order valence-electron chi connectivity index (χ0n) is 14.3. The molecule has 0 unspecified atom stereocenters. The zero-order chi connectivity index (χ0) is 19.0. The van der Waals surface area contributed by atoms with Crippen LogP contribution in [0.3, 0.4) is 0 Å². The number of hydrogen-bond donors (Lipinski definition) is 2. The van der Waals surface area contributed by atoms with E-state index >= 15 is 0 Å². The highest BCUT2D eigenvalue weighted by molar-refractivity contribution is 7.10. The number of nitrogens with one attached hydrogen (secondary N) is 2. The van der Waals surface area contributed by atoms with E-state index in [-0.39, 0.29) is 23.9 Å². The molecule has 4 rings (SSSR count). The molecule has 0 bridgehead atoms. The molecule has 4 heterocycles. The summed E-state index contributed by atoms with van der Waals surface area (Å²) in [7, 11) is 0. The highest BCUT2D eigenvalue weighted by Gasteiger charge is 2.47. The van der Waals surface area contributed by atoms with Gasteiger partial charge in [0.1, 0.15) is 11.4 Å². The van der Waals surface area contributed by atoms with E-state index in [9.17, 15) is 18.0 Å². The van der Waals surface area contributed by atoms with Crippen LogP contribution in [0.25, 0.3) is 0 Å². The fraction of sp³-hybridized carbons (Fsp3) is 0.529. The molecule has 146 valence electrons. The number of ether oxygens (including phenoxy) is 1. The lowest BCUT2D eigenvalue weighted by atomic mass is 10.0. The second-order valence-electron chi connectivity index (χ2n) is 6.70. The quantitative estimate of drug-likeness (QED) is 0.824. The first kappa shape index (κ1) is 18.3. The van der Waals surface area contributed by atoms with Gasteiger partial charge in [0.25, 0.3) is 5.91 Å². The van der Waals surface area contributed by atoms with Crippen LogP contribution < -0.4 is 10.6 Å². The normalized spacial score (nSPS) is 25.1. The monoisotopic (exact) mass is 400 g/mol. The summed E-state index contributed by atoms with van der Waals surface area (Å²) in [6, 6.07) is 1.29. The van der Waals surface area contributed by atoms with Gasteiger partial charge in [0, 0.05) is 24.4 Å². The first-order valence-electron chi connectivity index (χ1n) is 8.77. The highest BCUT2D eigenvalue weighted by atomic mass is 32.1. The predicted molar refractivity (Wildman–Crippen MR) is 93.9 cm³/mol. The summed E-state index contributed by atoms with van der Waals surface area (Å²) in [6.07, 6.45) is -1.67. The van der Waals surface area contributed by atoms with Crippen molar-refractivity contribution in [2.75, 3.05) is 18.5 Å². The van der Waals surface area contributed by atoms with E-state index in [1.807, 2.05) is 5.38 Å². The Kier molecular flexibility index (Phi) is 4.85. The van der Waals surface area contributed by atoms with Crippen LogP contribution in [-0.2, 0) is 4.74 Å². The standard InChI is InChI=1S/C17H19F3N4O2S/c18-17(19,20)14-7-12(13-4-2-6-27-13)23-15-11(9-22-24(14)15)16(25)21-8-10-3-1-5-26-10/h2,4,6,9-10,12,14,23H,1,3,5,7-8H2,(H,21,25)/t10-,12+,14+/m0/s1. The number of amides is 1. The number of fused-ring (bicyclic) bond motifs is 1. The van der Waals surface area contributed by atoms with E-state index in [0.717, 1.165) is 22.4 Å². The van der Waals surface area contributed by atoms with Crippen molar-refractivity contribution in [2.24, 2.45) is 0 Å². The Bertz CT molecular complexity index is 800. The van der Waals surface area contributed by atoms with Gasteiger partial charge in [0.2, 0.25) is 0 Å². The van der Waals surface area contributed by atoms with Crippen LogP contribution in [0.2, 0.25) is 0 Å². The molecule has 0 aromatic carbocycles. The van der Waals surface area contributed by atoms with Gasteiger partial charge >= 0.3 is 6.18 Å². The molecule has 2 aromatic heterocycles. The summed E-state index contributed by atoms with van der Waals surface area (Å²) >= 11 is 1.38. The first-order chi connectivity index (χ1) is 12.9. The number of nitrogens with zero attached hydrogens (tertiary/aromatic N) is 2. The molecule has 10 heteroatoms.